The number of aryl methyl sites for hydroxylation is 1. The summed E-state index contributed by atoms with van der Waals surface area (Å²) in [6.45, 7) is 2.03. The third-order valence-electron chi connectivity index (χ3n) is 4.65. The number of hydrogen-bond donors (Lipinski definition) is 0. The van der Waals surface area contributed by atoms with Gasteiger partial charge in [0.2, 0.25) is 5.43 Å². The summed E-state index contributed by atoms with van der Waals surface area (Å²) in [4.78, 5) is 30.4. The number of benzene rings is 2. The van der Waals surface area contributed by atoms with E-state index < -0.39 is 17.0 Å². The van der Waals surface area contributed by atoms with Crippen LogP contribution in [0.3, 0.4) is 0 Å². The molecule has 4 aromatic rings. The first-order chi connectivity index (χ1) is 13.9. The Morgan fingerprint density at radius 1 is 1.00 bits per heavy atom. The number of hydrogen-bond acceptors (Lipinski definition) is 3. The molecule has 2 aromatic heterocycles. The highest BCUT2D eigenvalue weighted by molar-refractivity contribution is 6.10. The van der Waals surface area contributed by atoms with Crippen molar-refractivity contribution in [1.82, 2.24) is 9.55 Å². The fourth-order valence-corrected chi connectivity index (χ4v) is 3.23. The molecule has 29 heavy (non-hydrogen) atoms. The maximum absolute atomic E-state index is 13.6. The summed E-state index contributed by atoms with van der Waals surface area (Å²) in [5.74, 6) is -1.35. The monoisotopic (exact) mass is 390 g/mol. The Morgan fingerprint density at radius 2 is 1.76 bits per heavy atom. The van der Waals surface area contributed by atoms with Gasteiger partial charge in [0.15, 0.2) is 5.78 Å². The van der Waals surface area contributed by atoms with E-state index in [-0.39, 0.29) is 23.5 Å². The SMILES string of the molecule is Cc1ccc2c(=O)c(C(=O)c3ccc(F)cc3)cn(Cc3cccc(F)c3)c2n1. The van der Waals surface area contributed by atoms with Crippen molar-refractivity contribution in [2.45, 2.75) is 13.5 Å². The number of rotatable bonds is 4. The topological polar surface area (TPSA) is 52.0 Å². The highest BCUT2D eigenvalue weighted by Gasteiger charge is 2.18. The fourth-order valence-electron chi connectivity index (χ4n) is 3.23. The molecule has 0 unspecified atom stereocenters. The van der Waals surface area contributed by atoms with E-state index in [1.165, 1.54) is 42.6 Å². The van der Waals surface area contributed by atoms with Crippen LogP contribution in [-0.2, 0) is 6.54 Å². The maximum Gasteiger partial charge on any atom is 0.202 e. The molecule has 0 saturated heterocycles. The van der Waals surface area contributed by atoms with Crippen LogP contribution in [0.4, 0.5) is 8.78 Å². The molecule has 0 spiro atoms. The van der Waals surface area contributed by atoms with Gasteiger partial charge in [-0.3, -0.25) is 9.59 Å². The van der Waals surface area contributed by atoms with Gasteiger partial charge in [-0.1, -0.05) is 12.1 Å². The van der Waals surface area contributed by atoms with Crippen LogP contribution in [0.2, 0.25) is 0 Å². The minimum Gasteiger partial charge on any atom is -0.327 e. The Kier molecular flexibility index (Phi) is 4.76. The minimum atomic E-state index is -0.509. The summed E-state index contributed by atoms with van der Waals surface area (Å²) >= 11 is 0. The van der Waals surface area contributed by atoms with Gasteiger partial charge in [-0.25, -0.2) is 13.8 Å². The first kappa shape index (κ1) is 18.7. The third-order valence-corrected chi connectivity index (χ3v) is 4.65. The van der Waals surface area contributed by atoms with Crippen LogP contribution in [0.25, 0.3) is 11.0 Å². The summed E-state index contributed by atoms with van der Waals surface area (Å²) in [6, 6.07) is 14.4. The Morgan fingerprint density at radius 3 is 2.48 bits per heavy atom. The second kappa shape index (κ2) is 7.39. The number of halogens is 2. The van der Waals surface area contributed by atoms with Crippen molar-refractivity contribution in [2.75, 3.05) is 0 Å². The average Bonchev–Trinajstić information content (AvgIpc) is 2.70. The summed E-state index contributed by atoms with van der Waals surface area (Å²) in [6.07, 6.45) is 1.44. The zero-order chi connectivity index (χ0) is 20.5. The molecular weight excluding hydrogens is 374 g/mol. The molecule has 0 aliphatic rings. The number of aromatic nitrogens is 2. The zero-order valence-corrected chi connectivity index (χ0v) is 15.5. The van der Waals surface area contributed by atoms with Crippen molar-refractivity contribution >= 4 is 16.8 Å². The van der Waals surface area contributed by atoms with Gasteiger partial charge in [0, 0.05) is 24.0 Å². The zero-order valence-electron chi connectivity index (χ0n) is 15.5. The number of ketones is 1. The number of carbonyl (C=O) groups excluding carboxylic acids is 1. The molecule has 0 aliphatic carbocycles. The van der Waals surface area contributed by atoms with Gasteiger partial charge in [0.05, 0.1) is 10.9 Å². The molecule has 6 heteroatoms. The summed E-state index contributed by atoms with van der Waals surface area (Å²) in [5, 5.41) is 0.292. The Bertz CT molecular complexity index is 1290. The van der Waals surface area contributed by atoms with Crippen LogP contribution in [0, 0.1) is 18.6 Å². The second-order valence-corrected chi connectivity index (χ2v) is 6.79. The smallest absolute Gasteiger partial charge is 0.202 e. The normalized spacial score (nSPS) is 11.0. The van der Waals surface area contributed by atoms with Crippen molar-refractivity contribution in [3.05, 3.63) is 111 Å². The van der Waals surface area contributed by atoms with E-state index in [9.17, 15) is 18.4 Å². The lowest BCUT2D eigenvalue weighted by atomic mass is 10.0. The van der Waals surface area contributed by atoms with E-state index in [0.29, 0.717) is 22.3 Å². The van der Waals surface area contributed by atoms with Crippen LogP contribution in [0.15, 0.2) is 71.7 Å². The number of carbonyl (C=O) groups is 1. The predicted molar refractivity (Wildman–Crippen MR) is 106 cm³/mol. The van der Waals surface area contributed by atoms with Crippen LogP contribution in [0.5, 0.6) is 0 Å². The van der Waals surface area contributed by atoms with E-state index in [1.54, 1.807) is 35.8 Å². The summed E-state index contributed by atoms with van der Waals surface area (Å²) in [7, 11) is 0. The van der Waals surface area contributed by atoms with Crippen LogP contribution >= 0.6 is 0 Å². The summed E-state index contributed by atoms with van der Waals surface area (Å²) < 4.78 is 28.5. The number of pyridine rings is 2. The van der Waals surface area contributed by atoms with Gasteiger partial charge in [-0.05, 0) is 61.0 Å². The average molecular weight is 390 g/mol. The van der Waals surface area contributed by atoms with E-state index in [0.717, 1.165) is 0 Å². The van der Waals surface area contributed by atoms with Crippen molar-refractivity contribution in [2.24, 2.45) is 0 Å². The van der Waals surface area contributed by atoms with Crippen LogP contribution in [0.1, 0.15) is 27.2 Å². The molecule has 4 nitrogen and oxygen atoms in total. The van der Waals surface area contributed by atoms with Crippen molar-refractivity contribution in [3.63, 3.8) is 0 Å². The molecule has 2 heterocycles. The molecule has 0 N–H and O–H groups in total. The fraction of sp³-hybridized carbons (Fsp3) is 0.0870. The molecule has 2 aromatic carbocycles. The van der Waals surface area contributed by atoms with Crippen molar-refractivity contribution in [1.29, 1.82) is 0 Å². The van der Waals surface area contributed by atoms with E-state index in [2.05, 4.69) is 4.98 Å². The number of nitrogens with zero attached hydrogens (tertiary/aromatic N) is 2. The standard InChI is InChI=1S/C23H16F2N2O2/c1-14-5-10-19-22(29)20(21(28)16-6-8-17(24)9-7-16)13-27(23(19)26-14)12-15-3-2-4-18(25)11-15/h2-11,13H,12H2,1H3. The first-order valence-electron chi connectivity index (χ1n) is 8.98. The lowest BCUT2D eigenvalue weighted by Crippen LogP contribution is -2.21. The van der Waals surface area contributed by atoms with Gasteiger partial charge >= 0.3 is 0 Å². The van der Waals surface area contributed by atoms with Crippen molar-refractivity contribution in [3.8, 4) is 0 Å². The molecule has 0 aliphatic heterocycles. The Hall–Kier alpha value is -3.67. The molecule has 0 amide bonds. The molecule has 0 bridgehead atoms. The highest BCUT2D eigenvalue weighted by atomic mass is 19.1. The van der Waals surface area contributed by atoms with Crippen LogP contribution < -0.4 is 5.43 Å². The predicted octanol–water partition coefficient (Wildman–Crippen LogP) is 4.26. The van der Waals surface area contributed by atoms with Gasteiger partial charge < -0.3 is 4.57 Å². The largest absolute Gasteiger partial charge is 0.327 e. The Balaban J connectivity index is 1.90. The molecule has 0 radical (unpaired) electrons. The Labute approximate surface area is 165 Å². The number of fused-ring (bicyclic) bond motifs is 1. The van der Waals surface area contributed by atoms with E-state index >= 15 is 0 Å². The first-order valence-corrected chi connectivity index (χ1v) is 8.98. The lowest BCUT2D eigenvalue weighted by molar-refractivity contribution is 0.103. The van der Waals surface area contributed by atoms with Gasteiger partial charge in [0.25, 0.3) is 0 Å². The molecule has 0 atom stereocenters. The van der Waals surface area contributed by atoms with Gasteiger partial charge in [-0.2, -0.15) is 0 Å². The van der Waals surface area contributed by atoms with Crippen LogP contribution in [-0.4, -0.2) is 15.3 Å². The lowest BCUT2D eigenvalue weighted by Gasteiger charge is -2.13. The van der Waals surface area contributed by atoms with E-state index in [1.807, 2.05) is 0 Å². The van der Waals surface area contributed by atoms with Crippen molar-refractivity contribution < 1.29 is 13.6 Å². The summed E-state index contributed by atoms with van der Waals surface area (Å²) in [5.41, 5.74) is 1.50. The maximum atomic E-state index is 13.6. The quantitative estimate of drug-likeness (QED) is 0.489. The molecule has 0 saturated carbocycles. The highest BCUT2D eigenvalue weighted by Crippen LogP contribution is 2.16. The second-order valence-electron chi connectivity index (χ2n) is 6.79. The molecular formula is C23H16F2N2O2. The third kappa shape index (κ3) is 3.69. The van der Waals surface area contributed by atoms with Gasteiger partial charge in [0.1, 0.15) is 17.3 Å². The molecule has 144 valence electrons. The molecule has 4 rings (SSSR count). The van der Waals surface area contributed by atoms with E-state index in [4.69, 9.17) is 0 Å². The minimum absolute atomic E-state index is 0.0498. The van der Waals surface area contributed by atoms with Gasteiger partial charge in [-0.15, -0.1) is 0 Å². The molecule has 0 fully saturated rings.